The summed E-state index contributed by atoms with van der Waals surface area (Å²) in [4.78, 5) is 12.6. The summed E-state index contributed by atoms with van der Waals surface area (Å²) in [5.74, 6) is 0.842. The third kappa shape index (κ3) is 2.55. The second kappa shape index (κ2) is 5.05. The highest BCUT2D eigenvalue weighted by molar-refractivity contribution is 9.10. The molecule has 0 saturated heterocycles. The largest absolute Gasteiger partial charge is 0.368 e. The summed E-state index contributed by atoms with van der Waals surface area (Å²) >= 11 is 3.41. The van der Waals surface area contributed by atoms with Crippen molar-refractivity contribution in [2.45, 2.75) is 6.92 Å². The molecule has 0 saturated carbocycles. The molecular weight excluding hydrogens is 318 g/mol. The zero-order valence-electron chi connectivity index (χ0n) is 10.8. The third-order valence-corrected chi connectivity index (χ3v) is 3.25. The van der Waals surface area contributed by atoms with E-state index in [-0.39, 0.29) is 5.95 Å². The topological polar surface area (TPSA) is 76.7 Å². The molecule has 100 valence electrons. The molecule has 0 spiro atoms. The van der Waals surface area contributed by atoms with E-state index in [2.05, 4.69) is 36.2 Å². The van der Waals surface area contributed by atoms with Crippen molar-refractivity contribution in [3.05, 3.63) is 46.6 Å². The summed E-state index contributed by atoms with van der Waals surface area (Å²) in [5.41, 5.74) is 8.41. The van der Waals surface area contributed by atoms with Gasteiger partial charge in [-0.15, -0.1) is 0 Å². The highest BCUT2D eigenvalue weighted by atomic mass is 79.9. The molecule has 0 amide bonds. The van der Waals surface area contributed by atoms with Crippen LogP contribution in [0, 0.1) is 6.92 Å². The van der Waals surface area contributed by atoms with Crippen LogP contribution in [-0.2, 0) is 0 Å². The number of aromatic nitrogens is 3. The highest BCUT2D eigenvalue weighted by Gasteiger charge is 2.08. The third-order valence-electron chi connectivity index (χ3n) is 2.82. The second-order valence-electron chi connectivity index (χ2n) is 4.45. The quantitative estimate of drug-likeness (QED) is 0.753. The van der Waals surface area contributed by atoms with Crippen LogP contribution in [0.15, 0.2) is 41.0 Å². The van der Waals surface area contributed by atoms with Gasteiger partial charge in [0.2, 0.25) is 5.95 Å². The molecule has 20 heavy (non-hydrogen) atoms. The first-order valence-electron chi connectivity index (χ1n) is 6.04. The molecule has 3 rings (SSSR count). The smallest absolute Gasteiger partial charge is 0.224 e. The predicted molar refractivity (Wildman–Crippen MR) is 83.9 cm³/mol. The Bertz CT molecular complexity index is 788. The summed E-state index contributed by atoms with van der Waals surface area (Å²) in [7, 11) is 0. The minimum absolute atomic E-state index is 0.197. The number of nitrogen functional groups attached to an aromatic ring is 1. The van der Waals surface area contributed by atoms with Gasteiger partial charge in [-0.05, 0) is 46.6 Å². The van der Waals surface area contributed by atoms with Crippen LogP contribution < -0.4 is 11.1 Å². The van der Waals surface area contributed by atoms with E-state index < -0.39 is 0 Å². The van der Waals surface area contributed by atoms with Crippen molar-refractivity contribution in [3.63, 3.8) is 0 Å². The molecule has 1 aromatic carbocycles. The Morgan fingerprint density at radius 3 is 2.85 bits per heavy atom. The van der Waals surface area contributed by atoms with Crippen molar-refractivity contribution in [1.82, 2.24) is 15.0 Å². The molecule has 0 atom stereocenters. The van der Waals surface area contributed by atoms with Crippen molar-refractivity contribution in [3.8, 4) is 0 Å². The number of anilines is 3. The van der Waals surface area contributed by atoms with Gasteiger partial charge in [0.25, 0.3) is 0 Å². The molecule has 0 unspecified atom stereocenters. The summed E-state index contributed by atoms with van der Waals surface area (Å²) in [6.07, 6.45) is 1.69. The molecule has 5 nitrogen and oxygen atoms in total. The monoisotopic (exact) mass is 329 g/mol. The van der Waals surface area contributed by atoms with E-state index in [1.807, 2.05) is 37.3 Å². The molecular formula is C14H12BrN5. The number of nitrogens with one attached hydrogen (secondary N) is 1. The fraction of sp³-hybridized carbons (Fsp3) is 0.0714. The van der Waals surface area contributed by atoms with Gasteiger partial charge in [-0.1, -0.05) is 12.1 Å². The van der Waals surface area contributed by atoms with Crippen molar-refractivity contribution in [2.75, 3.05) is 11.1 Å². The van der Waals surface area contributed by atoms with Crippen LogP contribution in [0.1, 0.15) is 5.56 Å². The van der Waals surface area contributed by atoms with Crippen LogP contribution in [0.2, 0.25) is 0 Å². The standard InChI is InChI=1S/C14H12BrN5/c1-8-3-2-4-10(5-8)18-13-11-6-9(15)7-17-12(11)19-14(16)20-13/h2-7H,1H3,(H3,16,17,18,19,20). The minimum Gasteiger partial charge on any atom is -0.368 e. The van der Waals surface area contributed by atoms with E-state index in [0.717, 1.165) is 15.5 Å². The SMILES string of the molecule is Cc1cccc(Nc2nc(N)nc3ncc(Br)cc23)c1. The molecule has 0 bridgehead atoms. The van der Waals surface area contributed by atoms with E-state index in [9.17, 15) is 0 Å². The van der Waals surface area contributed by atoms with E-state index in [1.165, 1.54) is 5.56 Å². The number of nitrogens with two attached hydrogens (primary N) is 1. The number of fused-ring (bicyclic) bond motifs is 1. The number of benzene rings is 1. The highest BCUT2D eigenvalue weighted by Crippen LogP contribution is 2.26. The van der Waals surface area contributed by atoms with Crippen LogP contribution in [0.25, 0.3) is 11.0 Å². The molecule has 2 aromatic heterocycles. The van der Waals surface area contributed by atoms with Crippen molar-refractivity contribution in [2.24, 2.45) is 0 Å². The van der Waals surface area contributed by atoms with Gasteiger partial charge in [0, 0.05) is 16.4 Å². The maximum absolute atomic E-state index is 5.73. The molecule has 2 heterocycles. The minimum atomic E-state index is 0.197. The van der Waals surface area contributed by atoms with E-state index in [1.54, 1.807) is 6.20 Å². The lowest BCUT2D eigenvalue weighted by molar-refractivity contribution is 1.19. The average Bonchev–Trinajstić information content (AvgIpc) is 2.39. The van der Waals surface area contributed by atoms with Crippen LogP contribution in [-0.4, -0.2) is 15.0 Å². The van der Waals surface area contributed by atoms with Gasteiger partial charge in [0.15, 0.2) is 5.65 Å². The molecule has 3 aromatic rings. The number of hydrogen-bond acceptors (Lipinski definition) is 5. The van der Waals surface area contributed by atoms with Gasteiger partial charge in [0.1, 0.15) is 5.82 Å². The number of aryl methyl sites for hydroxylation is 1. The fourth-order valence-corrected chi connectivity index (χ4v) is 2.29. The Hall–Kier alpha value is -2.21. The van der Waals surface area contributed by atoms with Gasteiger partial charge in [-0.3, -0.25) is 0 Å². The van der Waals surface area contributed by atoms with Crippen LogP contribution in [0.5, 0.6) is 0 Å². The molecule has 6 heteroatoms. The molecule has 0 aliphatic heterocycles. The number of halogens is 1. The first kappa shape index (κ1) is 12.8. The number of hydrogen-bond donors (Lipinski definition) is 2. The van der Waals surface area contributed by atoms with Crippen molar-refractivity contribution < 1.29 is 0 Å². The van der Waals surface area contributed by atoms with Crippen LogP contribution in [0.3, 0.4) is 0 Å². The second-order valence-corrected chi connectivity index (χ2v) is 5.37. The first-order valence-corrected chi connectivity index (χ1v) is 6.83. The first-order chi connectivity index (χ1) is 9.61. The van der Waals surface area contributed by atoms with Gasteiger partial charge < -0.3 is 11.1 Å². The fourth-order valence-electron chi connectivity index (χ4n) is 1.96. The average molecular weight is 330 g/mol. The van der Waals surface area contributed by atoms with Crippen molar-refractivity contribution >= 4 is 44.4 Å². The maximum atomic E-state index is 5.73. The number of rotatable bonds is 2. The Labute approximate surface area is 124 Å². The maximum Gasteiger partial charge on any atom is 0.224 e. The molecule has 0 aliphatic carbocycles. The van der Waals surface area contributed by atoms with Crippen LogP contribution >= 0.6 is 15.9 Å². The Morgan fingerprint density at radius 1 is 1.20 bits per heavy atom. The lowest BCUT2D eigenvalue weighted by atomic mass is 10.2. The molecule has 0 fully saturated rings. The number of nitrogens with zero attached hydrogens (tertiary/aromatic N) is 3. The zero-order chi connectivity index (χ0) is 14.1. The molecule has 3 N–H and O–H groups in total. The summed E-state index contributed by atoms with van der Waals surface area (Å²) < 4.78 is 0.866. The van der Waals surface area contributed by atoms with E-state index in [0.29, 0.717) is 11.5 Å². The Kier molecular flexibility index (Phi) is 3.23. The van der Waals surface area contributed by atoms with E-state index in [4.69, 9.17) is 5.73 Å². The number of pyridine rings is 1. The predicted octanol–water partition coefficient (Wildman–Crippen LogP) is 3.42. The molecule has 0 radical (unpaired) electrons. The van der Waals surface area contributed by atoms with Crippen molar-refractivity contribution in [1.29, 1.82) is 0 Å². The van der Waals surface area contributed by atoms with Gasteiger partial charge in [0.05, 0.1) is 5.39 Å². The summed E-state index contributed by atoms with van der Waals surface area (Å²) in [6.45, 7) is 2.04. The van der Waals surface area contributed by atoms with Gasteiger partial charge in [-0.25, -0.2) is 4.98 Å². The lowest BCUT2D eigenvalue weighted by Crippen LogP contribution is -2.02. The lowest BCUT2D eigenvalue weighted by Gasteiger charge is -2.09. The van der Waals surface area contributed by atoms with Gasteiger partial charge >= 0.3 is 0 Å². The van der Waals surface area contributed by atoms with Gasteiger partial charge in [-0.2, -0.15) is 9.97 Å². The Morgan fingerprint density at radius 2 is 2.05 bits per heavy atom. The normalized spacial score (nSPS) is 10.7. The summed E-state index contributed by atoms with van der Waals surface area (Å²) in [5, 5.41) is 4.08. The zero-order valence-corrected chi connectivity index (χ0v) is 12.3. The van der Waals surface area contributed by atoms with Crippen LogP contribution in [0.4, 0.5) is 17.5 Å². The van der Waals surface area contributed by atoms with E-state index >= 15 is 0 Å². The Balaban J connectivity index is 2.12. The summed E-state index contributed by atoms with van der Waals surface area (Å²) in [6, 6.07) is 9.95. The molecule has 0 aliphatic rings.